The molecule has 8 N–H and O–H groups in total. The van der Waals surface area contributed by atoms with Crippen LogP contribution in [-0.4, -0.2) is 63.6 Å². The summed E-state index contributed by atoms with van der Waals surface area (Å²) in [6.45, 7) is 0. The second-order valence-corrected chi connectivity index (χ2v) is 11.6. The lowest BCUT2D eigenvalue weighted by Gasteiger charge is -2.46. The van der Waals surface area contributed by atoms with E-state index in [9.17, 15) is 52.8 Å². The summed E-state index contributed by atoms with van der Waals surface area (Å²) < 4.78 is 40.6. The maximum Gasteiger partial charge on any atom is 0.418 e. The van der Waals surface area contributed by atoms with Crippen molar-refractivity contribution in [2.75, 3.05) is 29.6 Å². The number of carbonyl (C=O) groups is 4. The van der Waals surface area contributed by atoms with Crippen molar-refractivity contribution in [2.24, 2.45) is 17.6 Å². The van der Waals surface area contributed by atoms with Gasteiger partial charge in [0.25, 0.3) is 5.91 Å². The molecule has 45 heavy (non-hydrogen) atoms. The quantitative estimate of drug-likeness (QED) is 0.190. The molecular weight excluding hydrogens is 625 g/mol. The van der Waals surface area contributed by atoms with Crippen LogP contribution in [0.2, 0.25) is 5.02 Å². The molecule has 0 saturated heterocycles. The second-order valence-electron chi connectivity index (χ2n) is 11.2. The number of nitrogens with zero attached hydrogens (tertiary/aromatic N) is 1. The van der Waals surface area contributed by atoms with Gasteiger partial charge in [-0.1, -0.05) is 11.6 Å². The van der Waals surface area contributed by atoms with Gasteiger partial charge in [-0.15, -0.1) is 0 Å². The second kappa shape index (κ2) is 10.7. The van der Waals surface area contributed by atoms with Crippen molar-refractivity contribution < 1.29 is 52.8 Å². The Bertz CT molecular complexity index is 1770. The molecule has 1 saturated carbocycles. The Hall–Kier alpha value is -4.76. The summed E-state index contributed by atoms with van der Waals surface area (Å²) in [6.07, 6.45) is -5.42. The average molecular weight is 651 g/mol. The molecule has 3 aliphatic rings. The van der Waals surface area contributed by atoms with Gasteiger partial charge in [0.1, 0.15) is 17.1 Å². The summed E-state index contributed by atoms with van der Waals surface area (Å²) in [5, 5.41) is 48.9. The SMILES string of the molecule is CN(C)c1cc(NC(=O)Nc2ccc(Cl)cc2C(F)(F)F)c(O)c2c1CC1CC3CC(=O)C(C(N)=O)=C(O)C3(O)C(=O)C1=C2O. The maximum absolute atomic E-state index is 13.8. The van der Waals surface area contributed by atoms with E-state index in [2.05, 4.69) is 10.6 Å². The third kappa shape index (κ3) is 5.01. The number of aliphatic hydroxyl groups excluding tert-OH is 2. The minimum Gasteiger partial charge on any atom is -0.508 e. The standard InChI is InChI=1S/C29H26ClF3N4O8/c1-37(2)17-9-16(36-27(44)35-15-4-3-12(30)8-14(15)29(31,32)33)22(39)20-13(17)6-10-5-11-7-18(38)21(26(34)43)25(42)28(11,45)24(41)19(10)23(20)40/h3-4,8-11,39-40,42,45H,5-7H2,1-2H3,(H2,34,43)(H2,35,36,44). The first-order valence-electron chi connectivity index (χ1n) is 13.4. The predicted molar refractivity (Wildman–Crippen MR) is 155 cm³/mol. The van der Waals surface area contributed by atoms with E-state index in [1.54, 1.807) is 19.0 Å². The fraction of sp³-hybridized carbons (Fsp3) is 0.310. The molecular formula is C29H26ClF3N4O8. The van der Waals surface area contributed by atoms with Crippen LogP contribution in [0.1, 0.15) is 29.5 Å². The number of phenols is 1. The molecule has 3 unspecified atom stereocenters. The molecule has 0 spiro atoms. The van der Waals surface area contributed by atoms with Crippen LogP contribution in [0.25, 0.3) is 5.76 Å². The Kier molecular flexibility index (Phi) is 7.53. The normalized spacial score (nSPS) is 22.8. The van der Waals surface area contributed by atoms with E-state index < -0.39 is 93.2 Å². The Balaban J connectivity index is 1.58. The van der Waals surface area contributed by atoms with Crippen LogP contribution in [0.3, 0.4) is 0 Å². The van der Waals surface area contributed by atoms with Crippen molar-refractivity contribution in [3.63, 3.8) is 0 Å². The number of alkyl halides is 3. The van der Waals surface area contributed by atoms with Gasteiger partial charge in [-0.25, -0.2) is 4.79 Å². The van der Waals surface area contributed by atoms with Gasteiger partial charge in [0.05, 0.1) is 22.5 Å². The molecule has 0 bridgehead atoms. The van der Waals surface area contributed by atoms with E-state index in [0.717, 1.165) is 12.1 Å². The molecule has 2 aromatic carbocycles. The number of hydrogen-bond donors (Lipinski definition) is 7. The largest absolute Gasteiger partial charge is 0.508 e. The van der Waals surface area contributed by atoms with E-state index in [-0.39, 0.29) is 29.1 Å². The summed E-state index contributed by atoms with van der Waals surface area (Å²) in [5.74, 6) is -8.14. The van der Waals surface area contributed by atoms with Crippen molar-refractivity contribution >= 4 is 57.9 Å². The minimum atomic E-state index is -4.86. The van der Waals surface area contributed by atoms with Crippen LogP contribution in [0, 0.1) is 11.8 Å². The molecule has 5 rings (SSSR count). The number of amides is 3. The summed E-state index contributed by atoms with van der Waals surface area (Å²) in [7, 11) is 3.21. The Morgan fingerprint density at radius 3 is 2.31 bits per heavy atom. The molecule has 238 valence electrons. The number of anilines is 3. The molecule has 3 aliphatic carbocycles. The average Bonchev–Trinajstić information content (AvgIpc) is 2.92. The highest BCUT2D eigenvalue weighted by molar-refractivity contribution is 6.30. The zero-order valence-corrected chi connectivity index (χ0v) is 24.3. The molecule has 2 aromatic rings. The number of ketones is 2. The van der Waals surface area contributed by atoms with E-state index in [1.807, 2.05) is 0 Å². The number of aromatic hydroxyl groups is 1. The lowest BCUT2D eigenvalue weighted by molar-refractivity contribution is -0.147. The van der Waals surface area contributed by atoms with Crippen LogP contribution >= 0.6 is 11.6 Å². The number of carbonyl (C=O) groups excluding carboxylic acids is 4. The molecule has 1 fully saturated rings. The highest BCUT2D eigenvalue weighted by Gasteiger charge is 2.60. The number of nitrogens with two attached hydrogens (primary N) is 1. The van der Waals surface area contributed by atoms with Gasteiger partial charge in [0.15, 0.2) is 17.1 Å². The summed E-state index contributed by atoms with van der Waals surface area (Å²) in [6, 6.07) is 2.82. The predicted octanol–water partition coefficient (Wildman–Crippen LogP) is 3.81. The third-order valence-corrected chi connectivity index (χ3v) is 8.54. The van der Waals surface area contributed by atoms with Gasteiger partial charge in [-0.2, -0.15) is 13.2 Å². The first-order chi connectivity index (χ1) is 20.9. The number of Topliss-reactive ketones (excluding diaryl/α,β-unsaturated/α-hetero) is 2. The maximum atomic E-state index is 13.8. The van der Waals surface area contributed by atoms with Crippen molar-refractivity contribution in [1.82, 2.24) is 0 Å². The minimum absolute atomic E-state index is 0.00164. The Labute approximate surface area is 257 Å². The van der Waals surface area contributed by atoms with Crippen LogP contribution in [0.4, 0.5) is 35.0 Å². The van der Waals surface area contributed by atoms with Crippen molar-refractivity contribution in [1.29, 1.82) is 0 Å². The molecule has 0 radical (unpaired) electrons. The fourth-order valence-electron chi connectivity index (χ4n) is 6.30. The summed E-state index contributed by atoms with van der Waals surface area (Å²) in [5.41, 5.74) is -0.750. The number of nitrogens with one attached hydrogen (secondary N) is 2. The smallest absolute Gasteiger partial charge is 0.418 e. The molecule has 0 aromatic heterocycles. The molecule has 0 heterocycles. The number of fused-ring (bicyclic) bond motifs is 3. The van der Waals surface area contributed by atoms with Crippen molar-refractivity contribution in [3.05, 3.63) is 62.9 Å². The molecule has 3 atom stereocenters. The topological polar surface area (TPSA) is 203 Å². The zero-order chi connectivity index (χ0) is 33.3. The molecule has 0 aliphatic heterocycles. The summed E-state index contributed by atoms with van der Waals surface area (Å²) in [4.78, 5) is 52.6. The zero-order valence-electron chi connectivity index (χ0n) is 23.5. The highest BCUT2D eigenvalue weighted by atomic mass is 35.5. The molecule has 3 amide bonds. The number of benzene rings is 2. The Morgan fingerprint density at radius 2 is 1.71 bits per heavy atom. The van der Waals surface area contributed by atoms with E-state index >= 15 is 0 Å². The fourth-order valence-corrected chi connectivity index (χ4v) is 6.47. The third-order valence-electron chi connectivity index (χ3n) is 8.31. The number of halogens is 4. The van der Waals surface area contributed by atoms with E-state index in [1.165, 1.54) is 6.07 Å². The van der Waals surface area contributed by atoms with Gasteiger partial charge in [-0.3, -0.25) is 14.4 Å². The number of rotatable bonds is 4. The lowest BCUT2D eigenvalue weighted by Crippen LogP contribution is -2.58. The number of phenolic OH excluding ortho intramolecular Hbond substituents is 1. The van der Waals surface area contributed by atoms with Gasteiger partial charge in [0.2, 0.25) is 5.78 Å². The molecule has 16 heteroatoms. The Morgan fingerprint density at radius 1 is 1.07 bits per heavy atom. The van der Waals surface area contributed by atoms with Gasteiger partial charge in [-0.05, 0) is 48.6 Å². The van der Waals surface area contributed by atoms with Crippen molar-refractivity contribution in [2.45, 2.75) is 31.0 Å². The number of hydrogen-bond acceptors (Lipinski definition) is 9. The number of aliphatic hydroxyl groups is 3. The lowest BCUT2D eigenvalue weighted by atomic mass is 9.59. The van der Waals surface area contributed by atoms with Gasteiger partial charge in [0, 0.05) is 42.7 Å². The van der Waals surface area contributed by atoms with Crippen LogP contribution in [0.15, 0.2) is 41.2 Å². The van der Waals surface area contributed by atoms with Crippen LogP contribution in [0.5, 0.6) is 5.75 Å². The van der Waals surface area contributed by atoms with Crippen LogP contribution < -0.4 is 21.3 Å². The van der Waals surface area contributed by atoms with Crippen molar-refractivity contribution in [3.8, 4) is 5.75 Å². The number of urea groups is 1. The van der Waals surface area contributed by atoms with Gasteiger partial charge < -0.3 is 41.7 Å². The van der Waals surface area contributed by atoms with Crippen LogP contribution in [-0.2, 0) is 27.0 Å². The van der Waals surface area contributed by atoms with E-state index in [0.29, 0.717) is 17.3 Å². The van der Waals surface area contributed by atoms with Gasteiger partial charge >= 0.3 is 12.2 Å². The summed E-state index contributed by atoms with van der Waals surface area (Å²) >= 11 is 5.69. The first-order valence-corrected chi connectivity index (χ1v) is 13.7. The monoisotopic (exact) mass is 650 g/mol. The number of primary amides is 1. The first kappa shape index (κ1) is 31.7. The molecule has 12 nitrogen and oxygen atoms in total. The van der Waals surface area contributed by atoms with E-state index in [4.69, 9.17) is 17.3 Å². The highest BCUT2D eigenvalue weighted by Crippen LogP contribution is 2.54.